The molecule has 2 rings (SSSR count). The number of methoxy groups -OCH3 is 1. The maximum absolute atomic E-state index is 12.1. The van der Waals surface area contributed by atoms with E-state index in [0.717, 1.165) is 6.42 Å². The highest BCUT2D eigenvalue weighted by Crippen LogP contribution is 2.29. The average molecular weight is 342 g/mol. The number of aromatic hydroxyl groups is 1. The zero-order chi connectivity index (χ0) is 14.5. The van der Waals surface area contributed by atoms with Crippen molar-refractivity contribution in [2.45, 2.75) is 30.5 Å². The lowest BCUT2D eigenvalue weighted by Gasteiger charge is -2.27. The quantitative estimate of drug-likeness (QED) is 0.827. The Morgan fingerprint density at radius 3 is 2.85 bits per heavy atom. The van der Waals surface area contributed by atoms with Gasteiger partial charge < -0.3 is 15.2 Å². The van der Waals surface area contributed by atoms with E-state index in [-0.39, 0.29) is 11.7 Å². The number of carbonyl (C=O) groups excluding carboxylic acids is 1. The van der Waals surface area contributed by atoms with Gasteiger partial charge in [-0.25, -0.2) is 0 Å². The molecule has 0 aliphatic heterocycles. The molecular weight excluding hydrogens is 322 g/mol. The third-order valence-corrected chi connectivity index (χ3v) is 4.99. The van der Waals surface area contributed by atoms with Gasteiger partial charge in [-0.2, -0.15) is 0 Å². The molecular formula is C15H20BrNO3. The second kappa shape index (κ2) is 6.97. The van der Waals surface area contributed by atoms with Crippen LogP contribution in [0.3, 0.4) is 0 Å². The van der Waals surface area contributed by atoms with Gasteiger partial charge in [-0.05, 0) is 37.0 Å². The molecule has 4 nitrogen and oxygen atoms in total. The minimum absolute atomic E-state index is 0.0174. The number of carbonyl (C=O) groups is 1. The van der Waals surface area contributed by atoms with Crippen LogP contribution in [-0.4, -0.2) is 29.5 Å². The van der Waals surface area contributed by atoms with E-state index in [2.05, 4.69) is 21.2 Å². The van der Waals surface area contributed by atoms with Crippen LogP contribution in [0.15, 0.2) is 18.2 Å². The van der Waals surface area contributed by atoms with Crippen LogP contribution in [-0.2, 0) is 0 Å². The first kappa shape index (κ1) is 15.2. The normalized spacial score (nSPS) is 22.3. The molecule has 0 heterocycles. The van der Waals surface area contributed by atoms with Gasteiger partial charge >= 0.3 is 0 Å². The van der Waals surface area contributed by atoms with Crippen LogP contribution in [0.5, 0.6) is 11.5 Å². The Labute approximate surface area is 127 Å². The SMILES string of the molecule is COc1ccc(C(=O)NCC2CCCCC2Br)cc1O. The van der Waals surface area contributed by atoms with Gasteiger partial charge in [0.05, 0.1) is 7.11 Å². The van der Waals surface area contributed by atoms with Crippen LogP contribution in [0, 0.1) is 5.92 Å². The summed E-state index contributed by atoms with van der Waals surface area (Å²) in [6.45, 7) is 0.668. The highest BCUT2D eigenvalue weighted by atomic mass is 79.9. The summed E-state index contributed by atoms with van der Waals surface area (Å²) in [5.41, 5.74) is 0.449. The number of phenolic OH excluding ortho intramolecular Hbond substituents is 1. The number of ether oxygens (including phenoxy) is 1. The van der Waals surface area contributed by atoms with Gasteiger partial charge in [0.25, 0.3) is 5.91 Å². The first-order valence-corrected chi connectivity index (χ1v) is 7.82. The Bertz CT molecular complexity index is 478. The fourth-order valence-electron chi connectivity index (χ4n) is 2.55. The lowest BCUT2D eigenvalue weighted by Crippen LogP contribution is -2.34. The molecule has 0 bridgehead atoms. The zero-order valence-electron chi connectivity index (χ0n) is 11.6. The second-order valence-corrected chi connectivity index (χ2v) is 6.33. The number of nitrogens with one attached hydrogen (secondary N) is 1. The molecule has 0 spiro atoms. The van der Waals surface area contributed by atoms with E-state index in [1.54, 1.807) is 12.1 Å². The van der Waals surface area contributed by atoms with Gasteiger partial charge in [0.2, 0.25) is 0 Å². The smallest absolute Gasteiger partial charge is 0.251 e. The number of hydrogen-bond donors (Lipinski definition) is 2. The molecule has 1 aliphatic rings. The second-order valence-electron chi connectivity index (χ2n) is 5.16. The summed E-state index contributed by atoms with van der Waals surface area (Å²) in [5, 5.41) is 12.6. The minimum atomic E-state index is -0.159. The average Bonchev–Trinajstić information content (AvgIpc) is 2.46. The maximum atomic E-state index is 12.1. The van der Waals surface area contributed by atoms with E-state index in [1.165, 1.54) is 32.4 Å². The summed E-state index contributed by atoms with van der Waals surface area (Å²) >= 11 is 3.68. The summed E-state index contributed by atoms with van der Waals surface area (Å²) in [7, 11) is 1.48. The highest BCUT2D eigenvalue weighted by molar-refractivity contribution is 9.09. The maximum Gasteiger partial charge on any atom is 0.251 e. The molecule has 2 atom stereocenters. The summed E-state index contributed by atoms with van der Waals surface area (Å²) in [6, 6.07) is 4.68. The van der Waals surface area contributed by atoms with Crippen LogP contribution in [0.25, 0.3) is 0 Å². The van der Waals surface area contributed by atoms with Crippen molar-refractivity contribution in [1.82, 2.24) is 5.32 Å². The van der Waals surface area contributed by atoms with Crippen molar-refractivity contribution < 1.29 is 14.6 Å². The van der Waals surface area contributed by atoms with E-state index in [4.69, 9.17) is 4.74 Å². The third-order valence-electron chi connectivity index (χ3n) is 3.78. The van der Waals surface area contributed by atoms with Crippen molar-refractivity contribution in [2.75, 3.05) is 13.7 Å². The van der Waals surface area contributed by atoms with Gasteiger partial charge in [-0.1, -0.05) is 28.8 Å². The predicted octanol–water partition coefficient (Wildman–Crippen LogP) is 3.08. The number of alkyl halides is 1. The van der Waals surface area contributed by atoms with Crippen LogP contribution in [0.4, 0.5) is 0 Å². The first-order chi connectivity index (χ1) is 9.61. The molecule has 1 fully saturated rings. The molecule has 110 valence electrons. The van der Waals surface area contributed by atoms with Crippen molar-refractivity contribution in [1.29, 1.82) is 0 Å². The molecule has 5 heteroatoms. The van der Waals surface area contributed by atoms with Crippen LogP contribution in [0.1, 0.15) is 36.0 Å². The largest absolute Gasteiger partial charge is 0.504 e. The topological polar surface area (TPSA) is 58.6 Å². The predicted molar refractivity (Wildman–Crippen MR) is 81.7 cm³/mol. The Balaban J connectivity index is 1.93. The van der Waals surface area contributed by atoms with E-state index < -0.39 is 0 Å². The summed E-state index contributed by atoms with van der Waals surface area (Å²) < 4.78 is 4.96. The van der Waals surface area contributed by atoms with Crippen LogP contribution < -0.4 is 10.1 Å². The summed E-state index contributed by atoms with van der Waals surface area (Å²) in [6.07, 6.45) is 4.80. The molecule has 20 heavy (non-hydrogen) atoms. The molecule has 1 aliphatic carbocycles. The molecule has 0 saturated heterocycles. The van der Waals surface area contributed by atoms with Gasteiger partial charge in [0, 0.05) is 16.9 Å². The number of amides is 1. The standard InChI is InChI=1S/C15H20BrNO3/c1-20-14-7-6-10(8-13(14)18)15(19)17-9-11-4-2-3-5-12(11)16/h6-8,11-12,18H,2-5,9H2,1H3,(H,17,19). The Kier molecular flexibility index (Phi) is 5.29. The fourth-order valence-corrected chi connectivity index (χ4v) is 3.32. The lowest BCUT2D eigenvalue weighted by molar-refractivity contribution is 0.0944. The van der Waals surface area contributed by atoms with Gasteiger partial charge in [0.1, 0.15) is 0 Å². The Morgan fingerprint density at radius 2 is 2.20 bits per heavy atom. The number of halogens is 1. The summed E-state index contributed by atoms with van der Waals surface area (Å²) in [5.74, 6) is 0.679. The van der Waals surface area contributed by atoms with Crippen molar-refractivity contribution in [3.05, 3.63) is 23.8 Å². The third kappa shape index (κ3) is 3.66. The molecule has 1 saturated carbocycles. The fraction of sp³-hybridized carbons (Fsp3) is 0.533. The Morgan fingerprint density at radius 1 is 1.45 bits per heavy atom. The highest BCUT2D eigenvalue weighted by Gasteiger charge is 2.23. The molecule has 0 radical (unpaired) electrons. The zero-order valence-corrected chi connectivity index (χ0v) is 13.1. The molecule has 0 aromatic heterocycles. The first-order valence-electron chi connectivity index (χ1n) is 6.91. The molecule has 2 unspecified atom stereocenters. The van der Waals surface area contributed by atoms with Crippen LogP contribution in [0.2, 0.25) is 0 Å². The van der Waals surface area contributed by atoms with Gasteiger partial charge in [0.15, 0.2) is 11.5 Å². The van der Waals surface area contributed by atoms with Gasteiger partial charge in [-0.15, -0.1) is 0 Å². The van der Waals surface area contributed by atoms with Crippen molar-refractivity contribution >= 4 is 21.8 Å². The van der Waals surface area contributed by atoms with Crippen molar-refractivity contribution in [2.24, 2.45) is 5.92 Å². The van der Waals surface area contributed by atoms with Crippen molar-refractivity contribution in [3.8, 4) is 11.5 Å². The van der Waals surface area contributed by atoms with E-state index in [0.29, 0.717) is 28.6 Å². The molecule has 1 aromatic rings. The number of rotatable bonds is 4. The molecule has 1 aromatic carbocycles. The lowest BCUT2D eigenvalue weighted by atomic mass is 9.89. The number of phenols is 1. The monoisotopic (exact) mass is 341 g/mol. The van der Waals surface area contributed by atoms with E-state index >= 15 is 0 Å². The summed E-state index contributed by atoms with van der Waals surface area (Å²) in [4.78, 5) is 12.6. The van der Waals surface area contributed by atoms with E-state index in [9.17, 15) is 9.90 Å². The van der Waals surface area contributed by atoms with Gasteiger partial charge in [-0.3, -0.25) is 4.79 Å². The Hall–Kier alpha value is -1.23. The van der Waals surface area contributed by atoms with Crippen molar-refractivity contribution in [3.63, 3.8) is 0 Å². The number of benzene rings is 1. The number of hydrogen-bond acceptors (Lipinski definition) is 3. The molecule has 1 amide bonds. The van der Waals surface area contributed by atoms with E-state index in [1.807, 2.05) is 0 Å². The van der Waals surface area contributed by atoms with Crippen LogP contribution >= 0.6 is 15.9 Å². The molecule has 2 N–H and O–H groups in total. The minimum Gasteiger partial charge on any atom is -0.504 e.